The molecule has 0 aliphatic carbocycles. The van der Waals surface area contributed by atoms with Crippen LogP contribution in [0.5, 0.6) is 0 Å². The summed E-state index contributed by atoms with van der Waals surface area (Å²) < 4.78 is 0. The van der Waals surface area contributed by atoms with E-state index >= 15 is 0 Å². The fourth-order valence-corrected chi connectivity index (χ4v) is 1.63. The Kier molecular flexibility index (Phi) is 2.68. The van der Waals surface area contributed by atoms with Crippen molar-refractivity contribution in [2.45, 2.75) is 6.54 Å². The molecule has 16 heavy (non-hydrogen) atoms. The first-order valence-corrected chi connectivity index (χ1v) is 5.12. The van der Waals surface area contributed by atoms with Gasteiger partial charge in [0.05, 0.1) is 6.54 Å². The zero-order valence-corrected chi connectivity index (χ0v) is 8.68. The van der Waals surface area contributed by atoms with Crippen LogP contribution in [-0.4, -0.2) is 20.2 Å². The summed E-state index contributed by atoms with van der Waals surface area (Å²) in [5.41, 5.74) is -0.636. The van der Waals surface area contributed by atoms with Gasteiger partial charge in [0, 0.05) is 11.1 Å². The molecule has 0 radical (unpaired) electrons. The molecule has 0 aliphatic heterocycles. The second-order valence-electron chi connectivity index (χ2n) is 2.88. The summed E-state index contributed by atoms with van der Waals surface area (Å²) in [7, 11) is 0. The highest BCUT2D eigenvalue weighted by molar-refractivity contribution is 7.07. The lowest BCUT2D eigenvalue weighted by Gasteiger charge is -2.00. The average Bonchev–Trinajstić information content (AvgIpc) is 2.63. The van der Waals surface area contributed by atoms with E-state index in [2.05, 4.69) is 20.5 Å². The molecule has 8 nitrogen and oxygen atoms in total. The molecular formula is C7H7N5O3S. The van der Waals surface area contributed by atoms with Crippen LogP contribution in [0.4, 0.5) is 5.82 Å². The van der Waals surface area contributed by atoms with Gasteiger partial charge in [0.25, 0.3) is 5.56 Å². The fourth-order valence-electron chi connectivity index (χ4n) is 1.05. The average molecular weight is 241 g/mol. The molecule has 0 saturated heterocycles. The van der Waals surface area contributed by atoms with Crippen molar-refractivity contribution in [2.24, 2.45) is 0 Å². The Balaban J connectivity index is 2.13. The topological polar surface area (TPSA) is 123 Å². The van der Waals surface area contributed by atoms with Crippen molar-refractivity contribution in [1.82, 2.24) is 20.2 Å². The molecule has 4 N–H and O–H groups in total. The van der Waals surface area contributed by atoms with Crippen LogP contribution in [0.25, 0.3) is 0 Å². The molecule has 0 amide bonds. The van der Waals surface area contributed by atoms with Crippen LogP contribution in [0.1, 0.15) is 5.69 Å². The smallest absolute Gasteiger partial charge is 0.342 e. The summed E-state index contributed by atoms with van der Waals surface area (Å²) in [5.74, 6) is -0.00773. The van der Waals surface area contributed by atoms with Crippen LogP contribution in [0.2, 0.25) is 0 Å². The van der Waals surface area contributed by atoms with Crippen molar-refractivity contribution in [1.29, 1.82) is 0 Å². The van der Waals surface area contributed by atoms with Crippen molar-refractivity contribution >= 4 is 17.2 Å². The number of aromatic amines is 3. The highest BCUT2D eigenvalue weighted by atomic mass is 32.1. The molecule has 9 heteroatoms. The zero-order valence-electron chi connectivity index (χ0n) is 7.86. The lowest BCUT2D eigenvalue weighted by Crippen LogP contribution is -2.26. The second-order valence-corrected chi connectivity index (χ2v) is 3.72. The van der Waals surface area contributed by atoms with Gasteiger partial charge in [0.1, 0.15) is 0 Å². The maximum absolute atomic E-state index is 11.2. The standard InChI is InChI=1S/C7H7N5O3S/c13-5-4(11-12-6(14)10-5)8-1-3-2-16-7(15)9-3/h2H,1H2,(H,8,11)(H,9,15)(H2,10,12,13,14). The fraction of sp³-hybridized carbons (Fsp3) is 0.143. The van der Waals surface area contributed by atoms with Crippen LogP contribution >= 0.6 is 11.3 Å². The zero-order chi connectivity index (χ0) is 11.5. The minimum atomic E-state index is -0.667. The monoisotopic (exact) mass is 241 g/mol. The van der Waals surface area contributed by atoms with Crippen LogP contribution < -0.4 is 21.4 Å². The Morgan fingerprint density at radius 1 is 1.31 bits per heavy atom. The van der Waals surface area contributed by atoms with Gasteiger partial charge in [-0.2, -0.15) is 0 Å². The van der Waals surface area contributed by atoms with Crippen molar-refractivity contribution < 1.29 is 0 Å². The van der Waals surface area contributed by atoms with E-state index in [0.717, 1.165) is 11.3 Å². The van der Waals surface area contributed by atoms with Gasteiger partial charge in [0.2, 0.25) is 5.82 Å². The Morgan fingerprint density at radius 3 is 2.75 bits per heavy atom. The number of anilines is 1. The molecule has 2 aromatic heterocycles. The normalized spacial score (nSPS) is 10.2. The number of rotatable bonds is 3. The van der Waals surface area contributed by atoms with E-state index < -0.39 is 11.2 Å². The van der Waals surface area contributed by atoms with E-state index in [0.29, 0.717) is 5.69 Å². The van der Waals surface area contributed by atoms with Gasteiger partial charge in [-0.15, -0.1) is 5.10 Å². The van der Waals surface area contributed by atoms with E-state index in [1.165, 1.54) is 0 Å². The molecule has 0 spiro atoms. The number of H-pyrrole nitrogens is 3. The molecular weight excluding hydrogens is 234 g/mol. The second kappa shape index (κ2) is 4.14. The molecule has 2 rings (SSSR count). The summed E-state index contributed by atoms with van der Waals surface area (Å²) in [5, 5.41) is 9.92. The van der Waals surface area contributed by atoms with E-state index in [-0.39, 0.29) is 17.2 Å². The van der Waals surface area contributed by atoms with Crippen molar-refractivity contribution in [3.05, 3.63) is 41.6 Å². The maximum Gasteiger partial charge on any atom is 0.342 e. The summed E-state index contributed by atoms with van der Waals surface area (Å²) in [6.07, 6.45) is 0. The van der Waals surface area contributed by atoms with Gasteiger partial charge in [-0.25, -0.2) is 9.89 Å². The lowest BCUT2D eigenvalue weighted by atomic mass is 10.5. The molecule has 0 atom stereocenters. The number of hydrogen-bond acceptors (Lipinski definition) is 6. The highest BCUT2D eigenvalue weighted by Gasteiger charge is 2.02. The molecule has 0 saturated carbocycles. The van der Waals surface area contributed by atoms with Crippen LogP contribution in [0, 0.1) is 0 Å². The SMILES string of the molecule is O=c1[nH]nc(NCc2csc(=O)[nH]2)c(=O)[nH]1. The minimum Gasteiger partial charge on any atom is -0.358 e. The van der Waals surface area contributed by atoms with Gasteiger partial charge in [-0.05, 0) is 0 Å². The Morgan fingerprint density at radius 2 is 2.12 bits per heavy atom. The van der Waals surface area contributed by atoms with Crippen molar-refractivity contribution in [2.75, 3.05) is 5.32 Å². The van der Waals surface area contributed by atoms with E-state index in [1.54, 1.807) is 5.38 Å². The summed E-state index contributed by atoms with van der Waals surface area (Å²) in [4.78, 5) is 37.1. The molecule has 0 aromatic carbocycles. The Bertz CT molecular complexity index is 651. The van der Waals surface area contributed by atoms with Crippen molar-refractivity contribution in [3.63, 3.8) is 0 Å². The molecule has 0 bridgehead atoms. The number of nitrogens with zero attached hydrogens (tertiary/aromatic N) is 1. The first-order valence-electron chi connectivity index (χ1n) is 4.25. The molecule has 0 unspecified atom stereocenters. The summed E-state index contributed by atoms with van der Waals surface area (Å²) in [6, 6.07) is 0. The molecule has 2 heterocycles. The van der Waals surface area contributed by atoms with Crippen LogP contribution in [0.15, 0.2) is 19.8 Å². The van der Waals surface area contributed by atoms with Gasteiger partial charge in [-0.3, -0.25) is 14.6 Å². The lowest BCUT2D eigenvalue weighted by molar-refractivity contribution is 0.879. The number of aromatic nitrogens is 4. The number of nitrogens with one attached hydrogen (secondary N) is 4. The van der Waals surface area contributed by atoms with E-state index in [1.807, 2.05) is 4.98 Å². The first-order chi connectivity index (χ1) is 7.65. The van der Waals surface area contributed by atoms with Gasteiger partial charge in [-0.1, -0.05) is 11.3 Å². The summed E-state index contributed by atoms with van der Waals surface area (Å²) >= 11 is 1.03. The third kappa shape index (κ3) is 2.25. The molecule has 0 fully saturated rings. The van der Waals surface area contributed by atoms with Gasteiger partial charge in [0.15, 0.2) is 0 Å². The third-order valence-corrected chi connectivity index (χ3v) is 2.45. The Labute approximate surface area is 91.4 Å². The Hall–Kier alpha value is -2.16. The minimum absolute atomic E-state index is 0.00773. The molecule has 2 aromatic rings. The van der Waals surface area contributed by atoms with Crippen LogP contribution in [0.3, 0.4) is 0 Å². The molecule has 84 valence electrons. The first kappa shape index (κ1) is 10.4. The predicted octanol–water partition coefficient (Wildman–Crippen LogP) is -1.18. The maximum atomic E-state index is 11.2. The third-order valence-electron chi connectivity index (χ3n) is 1.73. The predicted molar refractivity (Wildman–Crippen MR) is 57.7 cm³/mol. The number of hydrogen-bond donors (Lipinski definition) is 4. The van der Waals surface area contributed by atoms with Gasteiger partial charge < -0.3 is 10.3 Å². The number of thiazole rings is 1. The highest BCUT2D eigenvalue weighted by Crippen LogP contribution is 1.98. The largest absolute Gasteiger partial charge is 0.358 e. The van der Waals surface area contributed by atoms with Crippen molar-refractivity contribution in [3.8, 4) is 0 Å². The van der Waals surface area contributed by atoms with Gasteiger partial charge >= 0.3 is 10.6 Å². The summed E-state index contributed by atoms with van der Waals surface area (Å²) in [6.45, 7) is 0.251. The quantitative estimate of drug-likeness (QED) is 0.538. The van der Waals surface area contributed by atoms with E-state index in [4.69, 9.17) is 0 Å². The van der Waals surface area contributed by atoms with E-state index in [9.17, 15) is 14.4 Å². The van der Waals surface area contributed by atoms with Crippen LogP contribution in [-0.2, 0) is 6.54 Å². The molecule has 0 aliphatic rings.